The lowest BCUT2D eigenvalue weighted by atomic mass is 10.1. The first-order chi connectivity index (χ1) is 14.6. The number of nitrogens with zero attached hydrogens (tertiary/aromatic N) is 2. The van der Waals surface area contributed by atoms with Crippen LogP contribution in [0.5, 0.6) is 0 Å². The van der Waals surface area contributed by atoms with Crippen LogP contribution >= 0.6 is 0 Å². The highest BCUT2D eigenvalue weighted by Gasteiger charge is 2.23. The summed E-state index contributed by atoms with van der Waals surface area (Å²) >= 11 is 0. The van der Waals surface area contributed by atoms with Gasteiger partial charge in [-0.25, -0.2) is 8.42 Å². The van der Waals surface area contributed by atoms with Gasteiger partial charge in [-0.05, 0) is 62.2 Å². The molecule has 5 nitrogen and oxygen atoms in total. The second-order valence-electron chi connectivity index (χ2n) is 7.93. The first-order valence-corrected chi connectivity index (χ1v) is 11.5. The van der Waals surface area contributed by atoms with Crippen molar-refractivity contribution in [1.82, 2.24) is 4.90 Å². The van der Waals surface area contributed by atoms with Crippen LogP contribution in [-0.4, -0.2) is 33.3 Å². The zero-order valence-corrected chi connectivity index (χ0v) is 19.4. The molecule has 0 bridgehead atoms. The van der Waals surface area contributed by atoms with Gasteiger partial charge in [-0.2, -0.15) is 0 Å². The Morgan fingerprint density at radius 2 is 1.35 bits per heavy atom. The molecule has 1 amide bonds. The van der Waals surface area contributed by atoms with E-state index in [1.807, 2.05) is 45.0 Å². The number of amides is 1. The van der Waals surface area contributed by atoms with E-state index in [9.17, 15) is 13.2 Å². The molecule has 3 rings (SSSR count). The van der Waals surface area contributed by atoms with Crippen LogP contribution in [0.25, 0.3) is 0 Å². The van der Waals surface area contributed by atoms with Crippen LogP contribution in [0.3, 0.4) is 0 Å². The molecular weight excluding hydrogens is 408 g/mol. The van der Waals surface area contributed by atoms with Crippen molar-refractivity contribution in [2.45, 2.75) is 32.2 Å². The summed E-state index contributed by atoms with van der Waals surface area (Å²) in [6, 6.07) is 19.9. The first-order valence-electron chi connectivity index (χ1n) is 10.1. The number of rotatable bonds is 6. The van der Waals surface area contributed by atoms with Gasteiger partial charge in [0.15, 0.2) is 0 Å². The minimum atomic E-state index is -3.69. The van der Waals surface area contributed by atoms with E-state index in [4.69, 9.17) is 0 Å². The monoisotopic (exact) mass is 436 g/mol. The maximum absolute atomic E-state index is 13.0. The lowest BCUT2D eigenvalue weighted by molar-refractivity contribution is 0.0785. The van der Waals surface area contributed by atoms with Crippen LogP contribution in [0.2, 0.25) is 0 Å². The zero-order valence-electron chi connectivity index (χ0n) is 18.6. The predicted octanol–water partition coefficient (Wildman–Crippen LogP) is 4.71. The number of benzene rings is 3. The largest absolute Gasteiger partial charge is 0.337 e. The van der Waals surface area contributed by atoms with Gasteiger partial charge in [0, 0.05) is 26.2 Å². The Morgan fingerprint density at radius 1 is 0.806 bits per heavy atom. The normalized spacial score (nSPS) is 11.3. The van der Waals surface area contributed by atoms with Gasteiger partial charge in [-0.1, -0.05) is 47.5 Å². The molecule has 3 aromatic carbocycles. The van der Waals surface area contributed by atoms with Gasteiger partial charge in [0.1, 0.15) is 0 Å². The average molecular weight is 437 g/mol. The fourth-order valence-corrected chi connectivity index (χ4v) is 4.66. The van der Waals surface area contributed by atoms with Gasteiger partial charge in [0.05, 0.1) is 10.6 Å². The van der Waals surface area contributed by atoms with E-state index >= 15 is 0 Å². The molecule has 31 heavy (non-hydrogen) atoms. The molecular formula is C25H28N2O3S. The molecule has 0 heterocycles. The van der Waals surface area contributed by atoms with E-state index in [2.05, 4.69) is 0 Å². The van der Waals surface area contributed by atoms with Gasteiger partial charge in [0.2, 0.25) is 0 Å². The molecule has 0 aliphatic carbocycles. The summed E-state index contributed by atoms with van der Waals surface area (Å²) in [5, 5.41) is 0. The standard InChI is InChI=1S/C25H28N2O3S/c1-18-6-10-21(11-7-18)17-26(4)25(28)22-12-15-24(20(3)16-22)27(5)31(29,30)23-13-8-19(2)9-14-23/h6-16H,17H2,1-5H3. The number of anilines is 1. The van der Waals surface area contributed by atoms with Crippen LogP contribution in [-0.2, 0) is 16.6 Å². The Hall–Kier alpha value is -3.12. The molecule has 0 spiro atoms. The zero-order chi connectivity index (χ0) is 22.8. The molecule has 0 atom stereocenters. The van der Waals surface area contributed by atoms with Crippen molar-refractivity contribution in [3.05, 3.63) is 94.5 Å². The third kappa shape index (κ3) is 4.97. The van der Waals surface area contributed by atoms with Crippen LogP contribution < -0.4 is 4.31 Å². The summed E-state index contributed by atoms with van der Waals surface area (Å²) in [5.74, 6) is -0.112. The Kier molecular flexibility index (Phi) is 6.51. The Bertz CT molecular complexity index is 1180. The molecule has 0 aliphatic rings. The summed E-state index contributed by atoms with van der Waals surface area (Å²) in [7, 11) is -0.393. The van der Waals surface area contributed by atoms with Gasteiger partial charge in [-0.15, -0.1) is 0 Å². The van der Waals surface area contributed by atoms with Crippen molar-refractivity contribution in [2.24, 2.45) is 0 Å². The summed E-state index contributed by atoms with van der Waals surface area (Å²) in [6.45, 7) is 6.25. The molecule has 0 unspecified atom stereocenters. The minimum Gasteiger partial charge on any atom is -0.337 e. The number of sulfonamides is 1. The lowest BCUT2D eigenvalue weighted by Crippen LogP contribution is -2.28. The van der Waals surface area contributed by atoms with Crippen LogP contribution in [0.1, 0.15) is 32.6 Å². The van der Waals surface area contributed by atoms with Crippen LogP contribution in [0.15, 0.2) is 71.6 Å². The fourth-order valence-electron chi connectivity index (χ4n) is 3.40. The number of hydrogen-bond donors (Lipinski definition) is 0. The van der Waals surface area contributed by atoms with Gasteiger partial charge in [-0.3, -0.25) is 9.10 Å². The molecule has 6 heteroatoms. The van der Waals surface area contributed by atoms with Crippen molar-refractivity contribution in [3.8, 4) is 0 Å². The third-order valence-electron chi connectivity index (χ3n) is 5.35. The van der Waals surface area contributed by atoms with Crippen molar-refractivity contribution in [3.63, 3.8) is 0 Å². The quantitative estimate of drug-likeness (QED) is 0.562. The highest BCUT2D eigenvalue weighted by atomic mass is 32.2. The first kappa shape index (κ1) is 22.6. The Morgan fingerprint density at radius 3 is 1.90 bits per heavy atom. The van der Waals surface area contributed by atoms with E-state index in [0.29, 0.717) is 23.4 Å². The van der Waals surface area contributed by atoms with Crippen LogP contribution in [0, 0.1) is 20.8 Å². The maximum Gasteiger partial charge on any atom is 0.264 e. The SMILES string of the molecule is Cc1ccc(CN(C)C(=O)c2ccc(N(C)S(=O)(=O)c3ccc(C)cc3)c(C)c2)cc1. The molecule has 0 N–H and O–H groups in total. The van der Waals surface area contributed by atoms with E-state index in [-0.39, 0.29) is 10.8 Å². The number of carbonyl (C=O) groups excluding carboxylic acids is 1. The summed E-state index contributed by atoms with van der Waals surface area (Å²) in [5.41, 5.74) is 5.01. The highest BCUT2D eigenvalue weighted by molar-refractivity contribution is 7.92. The molecule has 0 saturated heterocycles. The predicted molar refractivity (Wildman–Crippen MR) is 125 cm³/mol. The van der Waals surface area contributed by atoms with Crippen molar-refractivity contribution in [2.75, 3.05) is 18.4 Å². The topological polar surface area (TPSA) is 57.7 Å². The second kappa shape index (κ2) is 8.94. The summed E-state index contributed by atoms with van der Waals surface area (Å²) in [6.07, 6.45) is 0. The minimum absolute atomic E-state index is 0.112. The summed E-state index contributed by atoms with van der Waals surface area (Å²) in [4.78, 5) is 14.8. The number of hydrogen-bond acceptors (Lipinski definition) is 3. The lowest BCUT2D eigenvalue weighted by Gasteiger charge is -2.23. The molecule has 0 saturated carbocycles. The van der Waals surface area contributed by atoms with E-state index in [1.54, 1.807) is 54.4 Å². The molecule has 3 aromatic rings. The van der Waals surface area contributed by atoms with Gasteiger partial charge >= 0.3 is 0 Å². The smallest absolute Gasteiger partial charge is 0.264 e. The second-order valence-corrected chi connectivity index (χ2v) is 9.90. The van der Waals surface area contributed by atoms with Gasteiger partial charge < -0.3 is 4.90 Å². The summed E-state index contributed by atoms with van der Waals surface area (Å²) < 4.78 is 27.3. The van der Waals surface area contributed by atoms with Gasteiger partial charge in [0.25, 0.3) is 15.9 Å². The highest BCUT2D eigenvalue weighted by Crippen LogP contribution is 2.27. The third-order valence-corrected chi connectivity index (χ3v) is 7.14. The fraction of sp³-hybridized carbons (Fsp3) is 0.240. The molecule has 0 radical (unpaired) electrons. The van der Waals surface area contributed by atoms with Crippen LogP contribution in [0.4, 0.5) is 5.69 Å². The number of aryl methyl sites for hydroxylation is 3. The van der Waals surface area contributed by atoms with Crippen molar-refractivity contribution >= 4 is 21.6 Å². The van der Waals surface area contributed by atoms with E-state index in [0.717, 1.165) is 11.1 Å². The Labute approximate surface area is 185 Å². The number of carbonyl (C=O) groups is 1. The van der Waals surface area contributed by atoms with E-state index < -0.39 is 10.0 Å². The Balaban J connectivity index is 1.80. The molecule has 162 valence electrons. The average Bonchev–Trinajstić information content (AvgIpc) is 2.74. The molecule has 0 fully saturated rings. The van der Waals surface area contributed by atoms with Crippen molar-refractivity contribution < 1.29 is 13.2 Å². The molecule has 0 aromatic heterocycles. The van der Waals surface area contributed by atoms with E-state index in [1.165, 1.54) is 16.9 Å². The maximum atomic E-state index is 13.0. The van der Waals surface area contributed by atoms with Crippen molar-refractivity contribution in [1.29, 1.82) is 0 Å². The molecule has 0 aliphatic heterocycles.